The van der Waals surface area contributed by atoms with Crippen LogP contribution in [-0.2, 0) is 27.9 Å². The first kappa shape index (κ1) is 19.6. The average molecular weight is 384 g/mol. The predicted octanol–water partition coefficient (Wildman–Crippen LogP) is 1.99. The molecule has 2 aromatic rings. The molecular formula is C20H24N4O4. The summed E-state index contributed by atoms with van der Waals surface area (Å²) in [5, 5.41) is 15.9. The Kier molecular flexibility index (Phi) is 5.77. The highest BCUT2D eigenvalue weighted by molar-refractivity contribution is 5.94. The lowest BCUT2D eigenvalue weighted by Crippen LogP contribution is -2.44. The lowest BCUT2D eigenvalue weighted by atomic mass is 9.85. The van der Waals surface area contributed by atoms with Gasteiger partial charge in [0.2, 0.25) is 11.8 Å². The molecule has 1 saturated heterocycles. The Hall–Kier alpha value is -3.16. The molecule has 0 spiro atoms. The van der Waals surface area contributed by atoms with Gasteiger partial charge in [-0.3, -0.25) is 19.1 Å². The molecule has 1 aromatic heterocycles. The summed E-state index contributed by atoms with van der Waals surface area (Å²) in [7, 11) is 3.51. The van der Waals surface area contributed by atoms with Crippen molar-refractivity contribution >= 4 is 23.5 Å². The molecule has 8 nitrogen and oxygen atoms in total. The van der Waals surface area contributed by atoms with Gasteiger partial charge >= 0.3 is 5.97 Å². The molecule has 2 unspecified atom stereocenters. The van der Waals surface area contributed by atoms with Crippen molar-refractivity contribution in [2.75, 3.05) is 12.4 Å². The minimum Gasteiger partial charge on any atom is -0.481 e. The zero-order valence-corrected chi connectivity index (χ0v) is 16.0. The van der Waals surface area contributed by atoms with E-state index in [1.54, 1.807) is 48.1 Å². The van der Waals surface area contributed by atoms with E-state index in [0.29, 0.717) is 24.9 Å². The van der Waals surface area contributed by atoms with Crippen LogP contribution in [0.3, 0.4) is 0 Å². The first-order valence-corrected chi connectivity index (χ1v) is 9.21. The second kappa shape index (κ2) is 8.24. The summed E-state index contributed by atoms with van der Waals surface area (Å²) in [5.41, 5.74) is 2.30. The van der Waals surface area contributed by atoms with Crippen LogP contribution in [0.5, 0.6) is 0 Å². The van der Waals surface area contributed by atoms with Crippen molar-refractivity contribution < 1.29 is 19.5 Å². The molecule has 1 fully saturated rings. The number of rotatable bonds is 6. The van der Waals surface area contributed by atoms with E-state index < -0.39 is 11.9 Å². The maximum atomic E-state index is 13.0. The summed E-state index contributed by atoms with van der Waals surface area (Å²) in [4.78, 5) is 37.6. The van der Waals surface area contributed by atoms with Crippen molar-refractivity contribution in [2.45, 2.75) is 31.7 Å². The number of piperidine rings is 1. The van der Waals surface area contributed by atoms with Gasteiger partial charge in [-0.05, 0) is 30.5 Å². The van der Waals surface area contributed by atoms with Gasteiger partial charge in [-0.25, -0.2) is 0 Å². The number of hydrogen-bond donors (Lipinski definition) is 2. The fraction of sp³-hybridized carbons (Fsp3) is 0.400. The number of carboxylic acid groups (broad SMARTS) is 1. The molecule has 0 bridgehead atoms. The third kappa shape index (κ3) is 4.39. The molecule has 0 saturated carbocycles. The Morgan fingerprint density at radius 3 is 2.79 bits per heavy atom. The summed E-state index contributed by atoms with van der Waals surface area (Å²) in [6.07, 6.45) is 4.74. The van der Waals surface area contributed by atoms with E-state index in [1.807, 2.05) is 12.3 Å². The predicted molar refractivity (Wildman–Crippen MR) is 102 cm³/mol. The highest BCUT2D eigenvalue weighted by Crippen LogP contribution is 2.36. The number of nitrogens with zero attached hydrogens (tertiary/aromatic N) is 3. The Labute approximate surface area is 163 Å². The van der Waals surface area contributed by atoms with Crippen LogP contribution in [0.25, 0.3) is 0 Å². The molecule has 3 rings (SSSR count). The van der Waals surface area contributed by atoms with E-state index >= 15 is 0 Å². The van der Waals surface area contributed by atoms with Crippen molar-refractivity contribution in [3.8, 4) is 0 Å². The number of aromatic nitrogens is 2. The largest absolute Gasteiger partial charge is 0.481 e. The number of carboxylic acids is 1. The molecule has 1 aliphatic rings. The average Bonchev–Trinajstić information content (AvgIpc) is 3.08. The number of amides is 2. The fourth-order valence-corrected chi connectivity index (χ4v) is 3.65. The Morgan fingerprint density at radius 2 is 2.11 bits per heavy atom. The molecule has 2 amide bonds. The van der Waals surface area contributed by atoms with Crippen molar-refractivity contribution in [1.29, 1.82) is 0 Å². The van der Waals surface area contributed by atoms with Crippen molar-refractivity contribution in [2.24, 2.45) is 13.0 Å². The maximum Gasteiger partial charge on any atom is 0.303 e. The Balaban J connectivity index is 1.77. The van der Waals surface area contributed by atoms with Crippen LogP contribution in [0.2, 0.25) is 0 Å². The zero-order valence-electron chi connectivity index (χ0n) is 16.0. The van der Waals surface area contributed by atoms with Crippen LogP contribution in [0.1, 0.15) is 36.4 Å². The maximum absolute atomic E-state index is 13.0. The molecule has 2 heterocycles. The molecule has 28 heavy (non-hydrogen) atoms. The SMILES string of the molecule is CN1C(=O)CCC(C(=O)Nc2cccc(CCC(=O)O)c2)C1c1cnn(C)c1. The van der Waals surface area contributed by atoms with Gasteiger partial charge in [0.05, 0.1) is 18.2 Å². The topological polar surface area (TPSA) is 105 Å². The number of anilines is 1. The van der Waals surface area contributed by atoms with Gasteiger partial charge in [0.15, 0.2) is 0 Å². The van der Waals surface area contributed by atoms with E-state index in [1.165, 1.54) is 0 Å². The van der Waals surface area contributed by atoms with Crippen LogP contribution in [0.15, 0.2) is 36.7 Å². The number of likely N-dealkylation sites (tertiary alicyclic amines) is 1. The van der Waals surface area contributed by atoms with Crippen LogP contribution in [-0.4, -0.2) is 44.6 Å². The van der Waals surface area contributed by atoms with Gasteiger partial charge in [-0.1, -0.05) is 12.1 Å². The molecule has 2 atom stereocenters. The number of aryl methyl sites for hydroxylation is 2. The second-order valence-electron chi connectivity index (χ2n) is 7.13. The molecule has 1 aliphatic heterocycles. The minimum absolute atomic E-state index is 0.00794. The second-order valence-corrected chi connectivity index (χ2v) is 7.13. The van der Waals surface area contributed by atoms with Crippen LogP contribution in [0, 0.1) is 5.92 Å². The third-order valence-corrected chi connectivity index (χ3v) is 5.09. The van der Waals surface area contributed by atoms with E-state index in [9.17, 15) is 14.4 Å². The van der Waals surface area contributed by atoms with Gasteiger partial charge in [0.25, 0.3) is 0 Å². The highest BCUT2D eigenvalue weighted by atomic mass is 16.4. The Morgan fingerprint density at radius 1 is 1.32 bits per heavy atom. The number of carbonyl (C=O) groups excluding carboxylic acids is 2. The quantitative estimate of drug-likeness (QED) is 0.792. The normalized spacial score (nSPS) is 19.5. The standard InChI is InChI=1S/C20H24N4O4/c1-23-12-14(11-21-23)19-16(7-8-17(25)24(19)2)20(28)22-15-5-3-4-13(10-15)6-9-18(26)27/h3-5,10-12,16,19H,6-9H2,1-2H3,(H,22,28)(H,26,27). The third-order valence-electron chi connectivity index (χ3n) is 5.09. The van der Waals surface area contributed by atoms with E-state index in [-0.39, 0.29) is 24.3 Å². The van der Waals surface area contributed by atoms with Gasteiger partial charge in [0.1, 0.15) is 0 Å². The van der Waals surface area contributed by atoms with Crippen LogP contribution in [0.4, 0.5) is 5.69 Å². The first-order valence-electron chi connectivity index (χ1n) is 9.21. The van der Waals surface area contributed by atoms with Crippen LogP contribution >= 0.6 is 0 Å². The lowest BCUT2D eigenvalue weighted by Gasteiger charge is -2.37. The number of nitrogens with one attached hydrogen (secondary N) is 1. The van der Waals surface area contributed by atoms with Crippen molar-refractivity contribution in [3.05, 3.63) is 47.8 Å². The molecular weight excluding hydrogens is 360 g/mol. The molecule has 2 N–H and O–H groups in total. The summed E-state index contributed by atoms with van der Waals surface area (Å²) >= 11 is 0. The fourth-order valence-electron chi connectivity index (χ4n) is 3.65. The van der Waals surface area contributed by atoms with E-state index in [2.05, 4.69) is 10.4 Å². The van der Waals surface area contributed by atoms with Crippen molar-refractivity contribution in [3.63, 3.8) is 0 Å². The van der Waals surface area contributed by atoms with E-state index in [4.69, 9.17) is 5.11 Å². The molecule has 8 heteroatoms. The monoisotopic (exact) mass is 384 g/mol. The van der Waals surface area contributed by atoms with Crippen LogP contribution < -0.4 is 5.32 Å². The number of aliphatic carboxylic acids is 1. The molecule has 0 radical (unpaired) electrons. The van der Waals surface area contributed by atoms with Gasteiger partial charge in [0, 0.05) is 44.4 Å². The summed E-state index contributed by atoms with van der Waals surface area (Å²) in [6.45, 7) is 0. The molecule has 1 aromatic carbocycles. The summed E-state index contributed by atoms with van der Waals surface area (Å²) in [5.74, 6) is -1.41. The smallest absolute Gasteiger partial charge is 0.303 e. The minimum atomic E-state index is -0.858. The van der Waals surface area contributed by atoms with Gasteiger partial charge in [-0.15, -0.1) is 0 Å². The lowest BCUT2D eigenvalue weighted by molar-refractivity contribution is -0.140. The van der Waals surface area contributed by atoms with Gasteiger partial charge in [-0.2, -0.15) is 5.10 Å². The first-order chi connectivity index (χ1) is 13.3. The zero-order chi connectivity index (χ0) is 20.3. The number of carbonyl (C=O) groups is 3. The number of hydrogen-bond acceptors (Lipinski definition) is 4. The molecule has 148 valence electrons. The molecule has 0 aliphatic carbocycles. The van der Waals surface area contributed by atoms with E-state index in [0.717, 1.165) is 11.1 Å². The highest BCUT2D eigenvalue weighted by Gasteiger charge is 2.39. The Bertz CT molecular complexity index is 892. The summed E-state index contributed by atoms with van der Waals surface area (Å²) < 4.78 is 1.66. The summed E-state index contributed by atoms with van der Waals surface area (Å²) in [6, 6.07) is 6.83. The number of benzene rings is 1. The van der Waals surface area contributed by atoms with Crippen molar-refractivity contribution in [1.82, 2.24) is 14.7 Å². The van der Waals surface area contributed by atoms with Gasteiger partial charge < -0.3 is 15.3 Å².